The van der Waals surface area contributed by atoms with Crippen molar-refractivity contribution in [3.8, 4) is 0 Å². The zero-order chi connectivity index (χ0) is 13.6. The minimum Gasteiger partial charge on any atom is -0.329 e. The quantitative estimate of drug-likeness (QED) is 0.769. The lowest BCUT2D eigenvalue weighted by Gasteiger charge is -2.34. The summed E-state index contributed by atoms with van der Waals surface area (Å²) in [6.45, 7) is 8.30. The van der Waals surface area contributed by atoms with Crippen LogP contribution in [0.5, 0.6) is 0 Å². The molecule has 1 aromatic carbocycles. The fraction of sp³-hybridized carbons (Fsp3) is 0.600. The molecule has 0 unspecified atom stereocenters. The molecule has 0 aliphatic carbocycles. The SMILES string of the molecule is CCSc1ccc(CCN(C)C(C)(C)CN)cc1. The van der Waals surface area contributed by atoms with Gasteiger partial charge in [0.2, 0.25) is 0 Å². The molecule has 0 aliphatic heterocycles. The number of nitrogens with two attached hydrogens (primary N) is 1. The fourth-order valence-corrected chi connectivity index (χ4v) is 2.34. The van der Waals surface area contributed by atoms with Crippen molar-refractivity contribution in [2.45, 2.75) is 37.6 Å². The summed E-state index contributed by atoms with van der Waals surface area (Å²) in [7, 11) is 2.15. The highest BCUT2D eigenvalue weighted by Crippen LogP contribution is 2.18. The smallest absolute Gasteiger partial charge is 0.0272 e. The van der Waals surface area contributed by atoms with Crippen LogP contribution in [0.25, 0.3) is 0 Å². The molecule has 0 aliphatic rings. The van der Waals surface area contributed by atoms with Crippen LogP contribution in [0.2, 0.25) is 0 Å². The van der Waals surface area contributed by atoms with Crippen molar-refractivity contribution in [1.82, 2.24) is 4.90 Å². The molecule has 3 heteroatoms. The predicted octanol–water partition coefficient (Wildman–Crippen LogP) is 3.01. The van der Waals surface area contributed by atoms with Crippen molar-refractivity contribution in [2.75, 3.05) is 25.9 Å². The zero-order valence-corrected chi connectivity index (χ0v) is 12.9. The maximum absolute atomic E-state index is 5.78. The summed E-state index contributed by atoms with van der Waals surface area (Å²) < 4.78 is 0. The Morgan fingerprint density at radius 1 is 1.22 bits per heavy atom. The van der Waals surface area contributed by atoms with E-state index in [1.807, 2.05) is 11.8 Å². The number of thioether (sulfide) groups is 1. The van der Waals surface area contributed by atoms with Gasteiger partial charge in [-0.3, -0.25) is 4.90 Å². The number of likely N-dealkylation sites (N-methyl/N-ethyl adjacent to an activating group) is 1. The molecule has 0 saturated carbocycles. The lowest BCUT2D eigenvalue weighted by molar-refractivity contribution is 0.166. The summed E-state index contributed by atoms with van der Waals surface area (Å²) in [4.78, 5) is 3.69. The normalized spacial score (nSPS) is 12.1. The van der Waals surface area contributed by atoms with Gasteiger partial charge in [-0.1, -0.05) is 19.1 Å². The third-order valence-corrected chi connectivity index (χ3v) is 4.40. The maximum atomic E-state index is 5.78. The van der Waals surface area contributed by atoms with E-state index >= 15 is 0 Å². The number of nitrogens with zero attached hydrogens (tertiary/aromatic N) is 1. The van der Waals surface area contributed by atoms with Crippen molar-refractivity contribution in [3.05, 3.63) is 29.8 Å². The summed E-state index contributed by atoms with van der Waals surface area (Å²) in [6.07, 6.45) is 1.08. The minimum absolute atomic E-state index is 0.0814. The van der Waals surface area contributed by atoms with Gasteiger partial charge in [0, 0.05) is 23.5 Å². The van der Waals surface area contributed by atoms with Crippen LogP contribution >= 0.6 is 11.8 Å². The lowest BCUT2D eigenvalue weighted by Crippen LogP contribution is -2.47. The first-order valence-electron chi connectivity index (χ1n) is 6.62. The molecule has 0 amide bonds. The van der Waals surface area contributed by atoms with Gasteiger partial charge in [0.05, 0.1) is 0 Å². The van der Waals surface area contributed by atoms with E-state index in [2.05, 4.69) is 57.0 Å². The average Bonchev–Trinajstić information content (AvgIpc) is 2.38. The van der Waals surface area contributed by atoms with Crippen LogP contribution in [0.1, 0.15) is 26.3 Å². The van der Waals surface area contributed by atoms with Crippen molar-refractivity contribution in [3.63, 3.8) is 0 Å². The van der Waals surface area contributed by atoms with Crippen LogP contribution in [0.4, 0.5) is 0 Å². The van der Waals surface area contributed by atoms with E-state index in [1.54, 1.807) is 0 Å². The van der Waals surface area contributed by atoms with Crippen molar-refractivity contribution in [1.29, 1.82) is 0 Å². The van der Waals surface area contributed by atoms with E-state index < -0.39 is 0 Å². The van der Waals surface area contributed by atoms with Gasteiger partial charge >= 0.3 is 0 Å². The molecule has 18 heavy (non-hydrogen) atoms. The molecule has 0 radical (unpaired) electrons. The second-order valence-corrected chi connectivity index (χ2v) is 6.60. The van der Waals surface area contributed by atoms with Gasteiger partial charge in [0.1, 0.15) is 0 Å². The molecular weight excluding hydrogens is 240 g/mol. The number of rotatable bonds is 7. The summed E-state index contributed by atoms with van der Waals surface area (Å²) in [5.41, 5.74) is 7.26. The van der Waals surface area contributed by atoms with Gasteiger partial charge in [-0.25, -0.2) is 0 Å². The Kier molecular flexibility index (Phi) is 6.19. The largest absolute Gasteiger partial charge is 0.329 e. The molecule has 1 aromatic rings. The van der Waals surface area contributed by atoms with E-state index in [4.69, 9.17) is 5.73 Å². The zero-order valence-electron chi connectivity index (χ0n) is 12.1. The van der Waals surface area contributed by atoms with Crippen molar-refractivity contribution < 1.29 is 0 Å². The first-order chi connectivity index (χ1) is 8.49. The molecule has 0 atom stereocenters. The van der Waals surface area contributed by atoms with Crippen LogP contribution < -0.4 is 5.73 Å². The second-order valence-electron chi connectivity index (χ2n) is 5.27. The van der Waals surface area contributed by atoms with Crippen LogP contribution in [0, 0.1) is 0 Å². The van der Waals surface area contributed by atoms with Gasteiger partial charge in [-0.15, -0.1) is 11.8 Å². The molecule has 0 aromatic heterocycles. The Morgan fingerprint density at radius 2 is 1.83 bits per heavy atom. The van der Waals surface area contributed by atoms with Gasteiger partial charge in [-0.2, -0.15) is 0 Å². The summed E-state index contributed by atoms with van der Waals surface area (Å²) in [5.74, 6) is 1.13. The van der Waals surface area contributed by atoms with E-state index in [0.29, 0.717) is 6.54 Å². The minimum atomic E-state index is 0.0814. The third-order valence-electron chi connectivity index (χ3n) is 3.50. The molecule has 0 heterocycles. The molecule has 0 bridgehead atoms. The fourth-order valence-electron chi connectivity index (χ4n) is 1.67. The third kappa shape index (κ3) is 4.63. The summed E-state index contributed by atoms with van der Waals surface area (Å²) in [6, 6.07) is 8.91. The van der Waals surface area contributed by atoms with Gasteiger partial charge in [-0.05, 0) is 50.8 Å². The van der Waals surface area contributed by atoms with E-state index in [9.17, 15) is 0 Å². The molecule has 102 valence electrons. The molecule has 2 nitrogen and oxygen atoms in total. The average molecular weight is 266 g/mol. The Morgan fingerprint density at radius 3 is 2.33 bits per heavy atom. The number of hydrogen-bond acceptors (Lipinski definition) is 3. The Labute approximate surface area is 116 Å². The Balaban J connectivity index is 2.48. The number of benzene rings is 1. The Hall–Kier alpha value is -0.510. The molecule has 2 N–H and O–H groups in total. The highest BCUT2D eigenvalue weighted by molar-refractivity contribution is 7.99. The molecule has 1 rings (SSSR count). The topological polar surface area (TPSA) is 29.3 Å². The van der Waals surface area contributed by atoms with Crippen molar-refractivity contribution >= 4 is 11.8 Å². The van der Waals surface area contributed by atoms with E-state index in [-0.39, 0.29) is 5.54 Å². The van der Waals surface area contributed by atoms with Gasteiger partial charge < -0.3 is 5.73 Å². The summed E-state index contributed by atoms with van der Waals surface area (Å²) in [5, 5.41) is 0. The van der Waals surface area contributed by atoms with E-state index in [1.165, 1.54) is 10.5 Å². The van der Waals surface area contributed by atoms with Crippen LogP contribution in [-0.2, 0) is 6.42 Å². The van der Waals surface area contributed by atoms with Crippen LogP contribution in [0.15, 0.2) is 29.2 Å². The summed E-state index contributed by atoms with van der Waals surface area (Å²) >= 11 is 1.89. The second kappa shape index (κ2) is 7.17. The van der Waals surface area contributed by atoms with Crippen LogP contribution in [-0.4, -0.2) is 36.3 Å². The Bertz CT molecular complexity index is 346. The molecule has 0 spiro atoms. The van der Waals surface area contributed by atoms with Gasteiger partial charge in [0.15, 0.2) is 0 Å². The van der Waals surface area contributed by atoms with E-state index in [0.717, 1.165) is 18.7 Å². The molecule has 0 fully saturated rings. The highest BCUT2D eigenvalue weighted by Gasteiger charge is 2.20. The first-order valence-corrected chi connectivity index (χ1v) is 7.61. The molecular formula is C15H26N2S. The monoisotopic (exact) mass is 266 g/mol. The predicted molar refractivity (Wildman–Crippen MR) is 82.3 cm³/mol. The maximum Gasteiger partial charge on any atom is 0.0272 e. The van der Waals surface area contributed by atoms with Crippen molar-refractivity contribution in [2.24, 2.45) is 5.73 Å². The first kappa shape index (κ1) is 15.5. The highest BCUT2D eigenvalue weighted by atomic mass is 32.2. The molecule has 0 saturated heterocycles. The number of hydrogen-bond donors (Lipinski definition) is 1. The van der Waals surface area contributed by atoms with Gasteiger partial charge in [0.25, 0.3) is 0 Å². The lowest BCUT2D eigenvalue weighted by atomic mass is 10.0. The van der Waals surface area contributed by atoms with Crippen LogP contribution in [0.3, 0.4) is 0 Å². The standard InChI is InChI=1S/C15H26N2S/c1-5-18-14-8-6-13(7-9-14)10-11-17(4)15(2,3)12-16/h6-9H,5,10-12,16H2,1-4H3.